The van der Waals surface area contributed by atoms with Crippen LogP contribution in [0.2, 0.25) is 0 Å². The predicted molar refractivity (Wildman–Crippen MR) is 66.8 cm³/mol. The number of hydrogen-bond acceptors (Lipinski definition) is 4. The van der Waals surface area contributed by atoms with Crippen molar-refractivity contribution in [3.63, 3.8) is 0 Å². The van der Waals surface area contributed by atoms with Crippen LogP contribution in [-0.4, -0.2) is 24.7 Å². The molecule has 2 heterocycles. The molecule has 1 saturated heterocycles. The number of ether oxygens (including phenoxy) is 1. The molecule has 0 amide bonds. The molecule has 1 N–H and O–H groups in total. The minimum absolute atomic E-state index is 0.427. The lowest BCUT2D eigenvalue weighted by Crippen LogP contribution is -2.32. The van der Waals surface area contributed by atoms with Crippen LogP contribution in [0.1, 0.15) is 35.7 Å². The Morgan fingerprint density at radius 1 is 1.69 bits per heavy atom. The fraction of sp³-hybridized carbons (Fsp3) is 0.750. The number of aromatic nitrogens is 1. The summed E-state index contributed by atoms with van der Waals surface area (Å²) in [7, 11) is 0. The number of rotatable bonds is 4. The van der Waals surface area contributed by atoms with E-state index < -0.39 is 0 Å². The summed E-state index contributed by atoms with van der Waals surface area (Å²) in [5.41, 5.74) is 0. The van der Waals surface area contributed by atoms with E-state index in [1.54, 1.807) is 11.3 Å². The third-order valence-electron chi connectivity index (χ3n) is 3.04. The van der Waals surface area contributed by atoms with E-state index in [1.165, 1.54) is 17.7 Å². The van der Waals surface area contributed by atoms with E-state index in [0.29, 0.717) is 12.0 Å². The van der Waals surface area contributed by atoms with Crippen LogP contribution in [0.5, 0.6) is 0 Å². The van der Waals surface area contributed by atoms with E-state index in [9.17, 15) is 0 Å². The molecule has 4 heteroatoms. The average molecular weight is 240 g/mol. The third kappa shape index (κ3) is 2.81. The Balaban J connectivity index is 2.09. The first-order chi connectivity index (χ1) is 7.81. The summed E-state index contributed by atoms with van der Waals surface area (Å²) in [6.07, 6.45) is 4.46. The van der Waals surface area contributed by atoms with Gasteiger partial charge in [-0.15, -0.1) is 11.3 Å². The number of aryl methyl sites for hydroxylation is 1. The van der Waals surface area contributed by atoms with E-state index in [4.69, 9.17) is 4.74 Å². The molecule has 16 heavy (non-hydrogen) atoms. The average Bonchev–Trinajstić information content (AvgIpc) is 2.74. The van der Waals surface area contributed by atoms with E-state index in [2.05, 4.69) is 24.1 Å². The van der Waals surface area contributed by atoms with Gasteiger partial charge in [-0.05, 0) is 26.3 Å². The largest absolute Gasteiger partial charge is 0.381 e. The molecule has 1 aliphatic heterocycles. The topological polar surface area (TPSA) is 34.2 Å². The van der Waals surface area contributed by atoms with E-state index in [0.717, 1.165) is 24.8 Å². The zero-order valence-electron chi connectivity index (χ0n) is 10.0. The summed E-state index contributed by atoms with van der Waals surface area (Å²) in [5, 5.41) is 4.72. The second-order valence-corrected chi connectivity index (χ2v) is 5.56. The van der Waals surface area contributed by atoms with Crippen molar-refractivity contribution in [3.05, 3.63) is 16.1 Å². The van der Waals surface area contributed by atoms with Gasteiger partial charge in [0, 0.05) is 29.6 Å². The number of thiazole rings is 1. The monoisotopic (exact) mass is 240 g/mol. The van der Waals surface area contributed by atoms with Gasteiger partial charge in [0.25, 0.3) is 0 Å². The SMILES string of the molecule is CCNC(c1cnc(C)s1)C1CCCOC1. The molecule has 1 aromatic rings. The van der Waals surface area contributed by atoms with Crippen LogP contribution in [-0.2, 0) is 4.74 Å². The predicted octanol–water partition coefficient (Wildman–Crippen LogP) is 2.53. The molecule has 0 spiro atoms. The summed E-state index contributed by atoms with van der Waals surface area (Å²) in [6.45, 7) is 7.03. The van der Waals surface area contributed by atoms with Gasteiger partial charge in [-0.3, -0.25) is 0 Å². The molecular formula is C12H20N2OS. The van der Waals surface area contributed by atoms with E-state index in [1.807, 2.05) is 6.20 Å². The summed E-state index contributed by atoms with van der Waals surface area (Å²) in [4.78, 5) is 5.71. The Morgan fingerprint density at radius 3 is 3.12 bits per heavy atom. The molecule has 3 nitrogen and oxygen atoms in total. The quantitative estimate of drug-likeness (QED) is 0.878. The summed E-state index contributed by atoms with van der Waals surface area (Å²) >= 11 is 1.80. The smallest absolute Gasteiger partial charge is 0.0897 e. The Labute approximate surface area is 101 Å². The molecule has 1 aliphatic rings. The molecule has 0 bridgehead atoms. The van der Waals surface area contributed by atoms with Gasteiger partial charge in [-0.2, -0.15) is 0 Å². The molecule has 1 aromatic heterocycles. The normalized spacial score (nSPS) is 23.2. The summed E-state index contributed by atoms with van der Waals surface area (Å²) in [5.74, 6) is 0.605. The maximum Gasteiger partial charge on any atom is 0.0897 e. The van der Waals surface area contributed by atoms with Gasteiger partial charge < -0.3 is 10.1 Å². The lowest BCUT2D eigenvalue weighted by atomic mass is 9.93. The maximum absolute atomic E-state index is 5.58. The van der Waals surface area contributed by atoms with Crippen molar-refractivity contribution in [2.45, 2.75) is 32.7 Å². The lowest BCUT2D eigenvalue weighted by Gasteiger charge is -2.29. The lowest BCUT2D eigenvalue weighted by molar-refractivity contribution is 0.0398. The Kier molecular flexibility index (Phi) is 4.32. The third-order valence-corrected chi connectivity index (χ3v) is 4.03. The number of nitrogens with zero attached hydrogens (tertiary/aromatic N) is 1. The first-order valence-electron chi connectivity index (χ1n) is 6.04. The van der Waals surface area contributed by atoms with Gasteiger partial charge in [-0.25, -0.2) is 4.98 Å². The molecule has 0 radical (unpaired) electrons. The standard InChI is InChI=1S/C12H20N2OS/c1-3-13-12(10-5-4-6-15-8-10)11-7-14-9(2)16-11/h7,10,12-13H,3-6,8H2,1-2H3. The zero-order chi connectivity index (χ0) is 11.4. The highest BCUT2D eigenvalue weighted by molar-refractivity contribution is 7.11. The van der Waals surface area contributed by atoms with Crippen molar-refractivity contribution in [1.29, 1.82) is 0 Å². The minimum Gasteiger partial charge on any atom is -0.381 e. The van der Waals surface area contributed by atoms with E-state index in [-0.39, 0.29) is 0 Å². The van der Waals surface area contributed by atoms with Crippen LogP contribution in [0.3, 0.4) is 0 Å². The van der Waals surface area contributed by atoms with Crippen LogP contribution < -0.4 is 5.32 Å². The molecule has 2 rings (SSSR count). The van der Waals surface area contributed by atoms with Crippen LogP contribution in [0.4, 0.5) is 0 Å². The Hall–Kier alpha value is -0.450. The van der Waals surface area contributed by atoms with E-state index >= 15 is 0 Å². The van der Waals surface area contributed by atoms with Gasteiger partial charge in [-0.1, -0.05) is 6.92 Å². The van der Waals surface area contributed by atoms with Crippen LogP contribution in [0, 0.1) is 12.8 Å². The van der Waals surface area contributed by atoms with Crippen molar-refractivity contribution in [2.75, 3.05) is 19.8 Å². The summed E-state index contributed by atoms with van der Waals surface area (Å²) < 4.78 is 5.58. The van der Waals surface area contributed by atoms with Crippen molar-refractivity contribution in [3.8, 4) is 0 Å². The number of nitrogens with one attached hydrogen (secondary N) is 1. The fourth-order valence-corrected chi connectivity index (χ4v) is 3.22. The molecule has 1 fully saturated rings. The second-order valence-electron chi connectivity index (χ2n) is 4.29. The maximum atomic E-state index is 5.58. The van der Waals surface area contributed by atoms with Crippen LogP contribution >= 0.6 is 11.3 Å². The molecule has 0 aromatic carbocycles. The van der Waals surface area contributed by atoms with Gasteiger partial charge in [0.1, 0.15) is 0 Å². The van der Waals surface area contributed by atoms with Crippen molar-refractivity contribution < 1.29 is 4.74 Å². The van der Waals surface area contributed by atoms with Crippen molar-refractivity contribution in [2.24, 2.45) is 5.92 Å². The second kappa shape index (κ2) is 5.75. The highest BCUT2D eigenvalue weighted by Gasteiger charge is 2.26. The van der Waals surface area contributed by atoms with Crippen molar-refractivity contribution in [1.82, 2.24) is 10.3 Å². The van der Waals surface area contributed by atoms with Crippen LogP contribution in [0.25, 0.3) is 0 Å². The highest BCUT2D eigenvalue weighted by Crippen LogP contribution is 2.31. The molecule has 90 valence electrons. The Bertz CT molecular complexity index is 321. The first kappa shape index (κ1) is 12.0. The van der Waals surface area contributed by atoms with Gasteiger partial charge >= 0.3 is 0 Å². The van der Waals surface area contributed by atoms with Crippen molar-refractivity contribution >= 4 is 11.3 Å². The molecule has 2 atom stereocenters. The summed E-state index contributed by atoms with van der Waals surface area (Å²) in [6, 6.07) is 0.427. The van der Waals surface area contributed by atoms with Crippen LogP contribution in [0.15, 0.2) is 6.20 Å². The molecule has 0 saturated carbocycles. The van der Waals surface area contributed by atoms with Gasteiger partial charge in [0.15, 0.2) is 0 Å². The van der Waals surface area contributed by atoms with Gasteiger partial charge in [0.2, 0.25) is 0 Å². The van der Waals surface area contributed by atoms with Gasteiger partial charge in [0.05, 0.1) is 11.6 Å². The first-order valence-corrected chi connectivity index (χ1v) is 6.86. The molecule has 2 unspecified atom stereocenters. The molecule has 0 aliphatic carbocycles. The Morgan fingerprint density at radius 2 is 2.56 bits per heavy atom. The minimum atomic E-state index is 0.427. The fourth-order valence-electron chi connectivity index (χ4n) is 2.27. The number of hydrogen-bond donors (Lipinski definition) is 1. The highest BCUT2D eigenvalue weighted by atomic mass is 32.1. The zero-order valence-corrected chi connectivity index (χ0v) is 10.8. The molecular weight excluding hydrogens is 220 g/mol.